The maximum atomic E-state index is 11.2. The van der Waals surface area contributed by atoms with Gasteiger partial charge in [-0.25, -0.2) is 16.8 Å². The van der Waals surface area contributed by atoms with E-state index in [0.717, 1.165) is 42.0 Å². The Labute approximate surface area is 299 Å². The first-order chi connectivity index (χ1) is 19.5. The minimum absolute atomic E-state index is 0. The van der Waals surface area contributed by atoms with Crippen molar-refractivity contribution in [1.29, 1.82) is 0 Å². The maximum Gasteiger partial charge on any atom is 1.00 e. The predicted octanol–water partition coefficient (Wildman–Crippen LogP) is -0.853. The normalized spacial score (nSPS) is 11.3. The molecule has 0 aromatic heterocycles. The first kappa shape index (κ1) is 37.5. The molecule has 0 unspecified atom stereocenters. The smallest absolute Gasteiger partial charge is 0.744 e. The van der Waals surface area contributed by atoms with Crippen LogP contribution >= 0.6 is 0 Å². The van der Waals surface area contributed by atoms with Gasteiger partial charge in [-0.1, -0.05) is 48.5 Å². The molecule has 0 aliphatic carbocycles. The molecular weight excluding hydrogens is 606 g/mol. The molecule has 216 valence electrons. The van der Waals surface area contributed by atoms with Crippen molar-refractivity contribution in [3.05, 3.63) is 119 Å². The molecule has 12 heteroatoms. The number of benzene rings is 4. The summed E-state index contributed by atoms with van der Waals surface area (Å²) in [5, 5.41) is 0. The standard InChI is InChI=1S/C31H34N2O6S2.2Na/c1-3-32(22-26-9-17-30(18-10-26)40(34,35)36)28-13-5-24(6-14-28)21-25-7-15-29(16-8-25)33(4-2)23-27-11-19-31(20-12-27)41(37,38)39;;/h5-20H,3-4,21-23H2,1-2H3,(H,34,35,36)(H,37,38,39);;/q;2*+1/p-2. The molecule has 4 rings (SSSR count). The summed E-state index contributed by atoms with van der Waals surface area (Å²) in [5.74, 6) is 0. The van der Waals surface area contributed by atoms with Crippen LogP contribution in [0.5, 0.6) is 0 Å². The van der Waals surface area contributed by atoms with Crippen LogP contribution in [-0.2, 0) is 39.7 Å². The summed E-state index contributed by atoms with van der Waals surface area (Å²) >= 11 is 0. The number of nitrogens with zero attached hydrogens (tertiary/aromatic N) is 2. The van der Waals surface area contributed by atoms with Crippen LogP contribution in [0.1, 0.15) is 36.1 Å². The largest absolute Gasteiger partial charge is 1.00 e. The third kappa shape index (κ3) is 10.7. The van der Waals surface area contributed by atoms with Gasteiger partial charge in [0.2, 0.25) is 0 Å². The van der Waals surface area contributed by atoms with E-state index < -0.39 is 20.2 Å². The molecule has 0 N–H and O–H groups in total. The Balaban J connectivity index is 0.00000323. The van der Waals surface area contributed by atoms with Crippen LogP contribution < -0.4 is 68.9 Å². The van der Waals surface area contributed by atoms with Crippen molar-refractivity contribution < 1.29 is 85.1 Å². The Morgan fingerprint density at radius 2 is 0.767 bits per heavy atom. The molecule has 0 heterocycles. The number of hydrogen-bond donors (Lipinski definition) is 0. The zero-order chi connectivity index (χ0) is 29.6. The minimum atomic E-state index is -4.45. The average Bonchev–Trinajstić information content (AvgIpc) is 2.95. The summed E-state index contributed by atoms with van der Waals surface area (Å²) in [5.41, 5.74) is 6.26. The second-order valence-corrected chi connectivity index (χ2v) is 12.5. The van der Waals surface area contributed by atoms with Gasteiger partial charge in [-0.15, -0.1) is 0 Å². The molecule has 8 nitrogen and oxygen atoms in total. The molecule has 0 amide bonds. The molecule has 0 fully saturated rings. The number of hydrogen-bond acceptors (Lipinski definition) is 8. The molecule has 0 aliphatic rings. The van der Waals surface area contributed by atoms with Gasteiger partial charge in [0.15, 0.2) is 0 Å². The quantitative estimate of drug-likeness (QED) is 0.145. The third-order valence-corrected chi connectivity index (χ3v) is 8.64. The maximum absolute atomic E-state index is 11.2. The molecule has 0 saturated heterocycles. The van der Waals surface area contributed by atoms with Gasteiger partial charge < -0.3 is 18.9 Å². The van der Waals surface area contributed by atoms with Gasteiger partial charge in [0.1, 0.15) is 20.2 Å². The van der Waals surface area contributed by atoms with E-state index in [1.54, 1.807) is 24.3 Å². The SMILES string of the molecule is CCN(Cc1ccc(S(=O)(=O)[O-])cc1)c1ccc(Cc2ccc(N(CC)Cc3ccc(S(=O)(=O)[O-])cc3)cc2)cc1.[Na+].[Na+]. The van der Waals surface area contributed by atoms with E-state index in [-0.39, 0.29) is 68.9 Å². The van der Waals surface area contributed by atoms with Crippen LogP contribution in [0.15, 0.2) is 107 Å². The molecule has 0 radical (unpaired) electrons. The van der Waals surface area contributed by atoms with E-state index in [9.17, 15) is 25.9 Å². The molecule has 0 atom stereocenters. The van der Waals surface area contributed by atoms with Crippen LogP contribution in [0, 0.1) is 0 Å². The van der Waals surface area contributed by atoms with Crippen molar-refractivity contribution in [1.82, 2.24) is 0 Å². The van der Waals surface area contributed by atoms with Crippen molar-refractivity contribution in [3.63, 3.8) is 0 Å². The van der Waals surface area contributed by atoms with E-state index in [1.165, 1.54) is 35.4 Å². The van der Waals surface area contributed by atoms with Crippen LogP contribution in [-0.4, -0.2) is 39.0 Å². The summed E-state index contributed by atoms with van der Waals surface area (Å²) in [4.78, 5) is 3.89. The monoisotopic (exact) mass is 638 g/mol. The number of anilines is 2. The number of rotatable bonds is 12. The topological polar surface area (TPSA) is 121 Å². The van der Waals surface area contributed by atoms with Gasteiger partial charge in [0.25, 0.3) is 0 Å². The fraction of sp³-hybridized carbons (Fsp3) is 0.226. The Kier molecular flexibility index (Phi) is 14.4. The second kappa shape index (κ2) is 16.6. The zero-order valence-corrected chi connectivity index (χ0v) is 30.6. The molecule has 0 spiro atoms. The molecular formula is C31H32N2Na2O6S2. The molecule has 0 saturated carbocycles. The molecule has 4 aromatic carbocycles. The van der Waals surface area contributed by atoms with Gasteiger partial charge in [0, 0.05) is 37.6 Å². The summed E-state index contributed by atoms with van der Waals surface area (Å²) in [7, 11) is -8.91. The van der Waals surface area contributed by atoms with E-state index >= 15 is 0 Å². The van der Waals surface area contributed by atoms with Crippen LogP contribution in [0.3, 0.4) is 0 Å². The Morgan fingerprint density at radius 3 is 1.02 bits per heavy atom. The third-order valence-electron chi connectivity index (χ3n) is 6.95. The Bertz CT molecular complexity index is 1540. The second-order valence-electron chi connectivity index (χ2n) is 9.73. The minimum Gasteiger partial charge on any atom is -0.744 e. The van der Waals surface area contributed by atoms with E-state index in [4.69, 9.17) is 0 Å². The van der Waals surface area contributed by atoms with Gasteiger partial charge in [-0.3, -0.25) is 0 Å². The van der Waals surface area contributed by atoms with Crippen molar-refractivity contribution in [2.24, 2.45) is 0 Å². The summed E-state index contributed by atoms with van der Waals surface area (Å²) in [6.07, 6.45) is 0.773. The van der Waals surface area contributed by atoms with Crippen molar-refractivity contribution in [2.75, 3.05) is 22.9 Å². The molecule has 4 aromatic rings. The zero-order valence-electron chi connectivity index (χ0n) is 24.9. The van der Waals surface area contributed by atoms with E-state index in [1.807, 2.05) is 0 Å². The van der Waals surface area contributed by atoms with Crippen molar-refractivity contribution in [2.45, 2.75) is 43.1 Å². The Hall–Kier alpha value is -1.70. The summed E-state index contributed by atoms with van der Waals surface area (Å²) < 4.78 is 67.1. The molecule has 0 bridgehead atoms. The van der Waals surface area contributed by atoms with E-state index in [0.29, 0.717) is 13.1 Å². The first-order valence-corrected chi connectivity index (χ1v) is 16.1. The van der Waals surface area contributed by atoms with Gasteiger partial charge in [-0.2, -0.15) is 0 Å². The first-order valence-electron chi connectivity index (χ1n) is 13.2. The van der Waals surface area contributed by atoms with Gasteiger partial charge >= 0.3 is 59.1 Å². The van der Waals surface area contributed by atoms with E-state index in [2.05, 4.69) is 72.2 Å². The fourth-order valence-corrected chi connectivity index (χ4v) is 5.56. The van der Waals surface area contributed by atoms with Crippen molar-refractivity contribution in [3.8, 4) is 0 Å². The predicted molar refractivity (Wildman–Crippen MR) is 158 cm³/mol. The van der Waals surface area contributed by atoms with Crippen LogP contribution in [0.2, 0.25) is 0 Å². The van der Waals surface area contributed by atoms with Crippen LogP contribution in [0.25, 0.3) is 0 Å². The van der Waals surface area contributed by atoms with Crippen LogP contribution in [0.4, 0.5) is 11.4 Å². The van der Waals surface area contributed by atoms with Gasteiger partial charge in [0.05, 0.1) is 9.79 Å². The summed E-state index contributed by atoms with van der Waals surface area (Å²) in [6, 6.07) is 28.8. The summed E-state index contributed by atoms with van der Waals surface area (Å²) in [6.45, 7) is 6.81. The Morgan fingerprint density at radius 1 is 0.488 bits per heavy atom. The van der Waals surface area contributed by atoms with Crippen molar-refractivity contribution >= 4 is 31.6 Å². The average molecular weight is 639 g/mol. The molecule has 0 aliphatic heterocycles. The molecule has 43 heavy (non-hydrogen) atoms. The van der Waals surface area contributed by atoms with Gasteiger partial charge in [-0.05, 0) is 91.1 Å². The fourth-order valence-electron chi connectivity index (χ4n) is 4.62.